The summed E-state index contributed by atoms with van der Waals surface area (Å²) < 4.78 is 0. The van der Waals surface area contributed by atoms with Crippen molar-refractivity contribution in [1.82, 2.24) is 10.3 Å². The van der Waals surface area contributed by atoms with Gasteiger partial charge in [-0.05, 0) is 12.1 Å². The van der Waals surface area contributed by atoms with Crippen molar-refractivity contribution in [3.63, 3.8) is 0 Å². The van der Waals surface area contributed by atoms with Crippen LogP contribution in [0, 0.1) is 0 Å². The van der Waals surface area contributed by atoms with Crippen molar-refractivity contribution in [2.75, 3.05) is 25.1 Å². The molecule has 1 aromatic heterocycles. The molecule has 0 atom stereocenters. The summed E-state index contributed by atoms with van der Waals surface area (Å²) in [7, 11) is 1.96. The third kappa shape index (κ3) is 3.46. The molecular weight excluding hydrogens is 250 g/mol. The molecule has 0 aliphatic rings. The standard InChI is InChI=1S/C16H23N3O/c1-12(2)17-11-14-10-13-6-4-5-7-15(13)18-16(14)19(3)8-9-20/h4-7,10,12,17,20H,8-9,11H2,1-3H3. The Balaban J connectivity index is 2.41. The summed E-state index contributed by atoms with van der Waals surface area (Å²) in [5.41, 5.74) is 2.15. The summed E-state index contributed by atoms with van der Waals surface area (Å²) >= 11 is 0. The first-order valence-electron chi connectivity index (χ1n) is 7.06. The molecule has 4 nitrogen and oxygen atoms in total. The molecule has 2 aromatic rings. The number of benzene rings is 1. The normalized spacial score (nSPS) is 11.2. The summed E-state index contributed by atoms with van der Waals surface area (Å²) in [6.07, 6.45) is 0. The summed E-state index contributed by atoms with van der Waals surface area (Å²) in [4.78, 5) is 6.75. The number of fused-ring (bicyclic) bond motifs is 1. The van der Waals surface area contributed by atoms with E-state index in [1.165, 1.54) is 0 Å². The number of aliphatic hydroxyl groups is 1. The molecule has 20 heavy (non-hydrogen) atoms. The lowest BCUT2D eigenvalue weighted by atomic mass is 10.1. The topological polar surface area (TPSA) is 48.4 Å². The van der Waals surface area contributed by atoms with Gasteiger partial charge in [-0.1, -0.05) is 32.0 Å². The van der Waals surface area contributed by atoms with Crippen molar-refractivity contribution in [3.05, 3.63) is 35.9 Å². The van der Waals surface area contributed by atoms with Crippen LogP contribution < -0.4 is 10.2 Å². The van der Waals surface area contributed by atoms with E-state index in [4.69, 9.17) is 10.1 Å². The number of pyridine rings is 1. The zero-order chi connectivity index (χ0) is 14.5. The average Bonchev–Trinajstić information content (AvgIpc) is 2.44. The monoisotopic (exact) mass is 273 g/mol. The van der Waals surface area contributed by atoms with Gasteiger partial charge in [-0.2, -0.15) is 0 Å². The Morgan fingerprint density at radius 2 is 2.05 bits per heavy atom. The van der Waals surface area contributed by atoms with Gasteiger partial charge in [-0.25, -0.2) is 4.98 Å². The van der Waals surface area contributed by atoms with Crippen LogP contribution in [0.4, 0.5) is 5.82 Å². The second-order valence-electron chi connectivity index (χ2n) is 5.34. The lowest BCUT2D eigenvalue weighted by Gasteiger charge is -2.22. The zero-order valence-electron chi connectivity index (χ0n) is 12.4. The van der Waals surface area contributed by atoms with Gasteiger partial charge < -0.3 is 15.3 Å². The fraction of sp³-hybridized carbons (Fsp3) is 0.438. The molecule has 0 radical (unpaired) electrons. The van der Waals surface area contributed by atoms with E-state index in [1.807, 2.05) is 30.1 Å². The Kier molecular flexibility index (Phi) is 4.93. The lowest BCUT2D eigenvalue weighted by Crippen LogP contribution is -2.27. The highest BCUT2D eigenvalue weighted by Crippen LogP contribution is 2.23. The van der Waals surface area contributed by atoms with Gasteiger partial charge in [-0.15, -0.1) is 0 Å². The molecule has 0 amide bonds. The van der Waals surface area contributed by atoms with Crippen LogP contribution in [-0.2, 0) is 6.54 Å². The Morgan fingerprint density at radius 1 is 1.30 bits per heavy atom. The van der Waals surface area contributed by atoms with Crippen molar-refractivity contribution in [2.45, 2.75) is 26.4 Å². The van der Waals surface area contributed by atoms with Crippen molar-refractivity contribution in [1.29, 1.82) is 0 Å². The molecule has 0 aliphatic carbocycles. The Hall–Kier alpha value is -1.65. The molecule has 0 fully saturated rings. The molecule has 4 heteroatoms. The summed E-state index contributed by atoms with van der Waals surface area (Å²) in [5, 5.41) is 13.7. The van der Waals surface area contributed by atoms with E-state index in [9.17, 15) is 0 Å². The van der Waals surface area contributed by atoms with Crippen LogP contribution in [0.1, 0.15) is 19.4 Å². The van der Waals surface area contributed by atoms with E-state index < -0.39 is 0 Å². The minimum Gasteiger partial charge on any atom is -0.395 e. The molecule has 0 bridgehead atoms. The Labute approximate surface area is 120 Å². The number of aliphatic hydroxyl groups excluding tert-OH is 1. The average molecular weight is 273 g/mol. The fourth-order valence-electron chi connectivity index (χ4n) is 2.18. The van der Waals surface area contributed by atoms with Gasteiger partial charge in [0.25, 0.3) is 0 Å². The van der Waals surface area contributed by atoms with Crippen molar-refractivity contribution in [3.8, 4) is 0 Å². The number of hydrogen-bond donors (Lipinski definition) is 2. The Bertz CT molecular complexity index is 569. The summed E-state index contributed by atoms with van der Waals surface area (Å²) in [5.74, 6) is 0.936. The molecular formula is C16H23N3O. The van der Waals surface area contributed by atoms with Crippen LogP contribution in [0.25, 0.3) is 10.9 Å². The molecule has 1 aromatic carbocycles. The van der Waals surface area contributed by atoms with Crippen molar-refractivity contribution < 1.29 is 5.11 Å². The van der Waals surface area contributed by atoms with Crippen LogP contribution in [0.5, 0.6) is 0 Å². The largest absolute Gasteiger partial charge is 0.395 e. The van der Waals surface area contributed by atoms with E-state index in [1.54, 1.807) is 0 Å². The van der Waals surface area contributed by atoms with Gasteiger partial charge in [0.1, 0.15) is 5.82 Å². The third-order valence-corrected chi connectivity index (χ3v) is 3.28. The molecule has 2 rings (SSSR count). The summed E-state index contributed by atoms with van der Waals surface area (Å²) in [6, 6.07) is 10.7. The van der Waals surface area contributed by atoms with E-state index in [0.717, 1.165) is 28.8 Å². The third-order valence-electron chi connectivity index (χ3n) is 3.28. The molecule has 0 saturated carbocycles. The predicted molar refractivity (Wildman–Crippen MR) is 84.1 cm³/mol. The first-order valence-corrected chi connectivity index (χ1v) is 7.06. The van der Waals surface area contributed by atoms with Gasteiger partial charge in [0.2, 0.25) is 0 Å². The van der Waals surface area contributed by atoms with Crippen molar-refractivity contribution >= 4 is 16.7 Å². The first kappa shape index (κ1) is 14.8. The van der Waals surface area contributed by atoms with Crippen LogP contribution >= 0.6 is 0 Å². The fourth-order valence-corrected chi connectivity index (χ4v) is 2.18. The number of rotatable bonds is 6. The minimum atomic E-state index is 0.127. The smallest absolute Gasteiger partial charge is 0.133 e. The number of aromatic nitrogens is 1. The molecule has 0 saturated heterocycles. The van der Waals surface area contributed by atoms with Crippen LogP contribution in [0.2, 0.25) is 0 Å². The maximum atomic E-state index is 9.14. The van der Waals surface area contributed by atoms with E-state index in [2.05, 4.69) is 31.3 Å². The number of para-hydroxylation sites is 1. The number of anilines is 1. The second-order valence-corrected chi connectivity index (χ2v) is 5.34. The zero-order valence-corrected chi connectivity index (χ0v) is 12.4. The summed E-state index contributed by atoms with van der Waals surface area (Å²) in [6.45, 7) is 5.75. The molecule has 0 unspecified atom stereocenters. The number of nitrogens with one attached hydrogen (secondary N) is 1. The molecule has 0 aliphatic heterocycles. The predicted octanol–water partition coefficient (Wildman–Crippen LogP) is 2.16. The lowest BCUT2D eigenvalue weighted by molar-refractivity contribution is 0.303. The molecule has 0 spiro atoms. The quantitative estimate of drug-likeness (QED) is 0.847. The van der Waals surface area contributed by atoms with E-state index in [0.29, 0.717) is 12.6 Å². The molecule has 2 N–H and O–H groups in total. The van der Waals surface area contributed by atoms with E-state index >= 15 is 0 Å². The van der Waals surface area contributed by atoms with E-state index in [-0.39, 0.29) is 6.61 Å². The highest BCUT2D eigenvalue weighted by molar-refractivity contribution is 5.81. The van der Waals surface area contributed by atoms with Crippen LogP contribution in [0.3, 0.4) is 0 Å². The Morgan fingerprint density at radius 3 is 2.75 bits per heavy atom. The first-order chi connectivity index (χ1) is 9.61. The highest BCUT2D eigenvalue weighted by atomic mass is 16.3. The maximum absolute atomic E-state index is 9.14. The maximum Gasteiger partial charge on any atom is 0.133 e. The molecule has 1 heterocycles. The van der Waals surface area contributed by atoms with Gasteiger partial charge in [-0.3, -0.25) is 0 Å². The second kappa shape index (κ2) is 6.68. The van der Waals surface area contributed by atoms with Gasteiger partial charge in [0.15, 0.2) is 0 Å². The van der Waals surface area contributed by atoms with Gasteiger partial charge >= 0.3 is 0 Å². The van der Waals surface area contributed by atoms with Crippen LogP contribution in [-0.4, -0.2) is 36.3 Å². The van der Waals surface area contributed by atoms with Gasteiger partial charge in [0, 0.05) is 37.1 Å². The molecule has 108 valence electrons. The van der Waals surface area contributed by atoms with Crippen LogP contribution in [0.15, 0.2) is 30.3 Å². The highest BCUT2D eigenvalue weighted by Gasteiger charge is 2.11. The minimum absolute atomic E-state index is 0.127. The SMILES string of the molecule is CC(C)NCc1cc2ccccc2nc1N(C)CCO. The number of hydrogen-bond acceptors (Lipinski definition) is 4. The van der Waals surface area contributed by atoms with Crippen molar-refractivity contribution in [2.24, 2.45) is 0 Å². The number of nitrogens with zero attached hydrogens (tertiary/aromatic N) is 2. The number of likely N-dealkylation sites (N-methyl/N-ethyl adjacent to an activating group) is 1. The van der Waals surface area contributed by atoms with Gasteiger partial charge in [0.05, 0.1) is 12.1 Å².